The molecule has 1 aliphatic rings. The highest BCUT2D eigenvalue weighted by Crippen LogP contribution is 2.24. The summed E-state index contributed by atoms with van der Waals surface area (Å²) in [5.74, 6) is -2.66. The van der Waals surface area contributed by atoms with E-state index in [1.54, 1.807) is 29.2 Å². The quantitative estimate of drug-likeness (QED) is 0.690. The van der Waals surface area contributed by atoms with Gasteiger partial charge in [0.15, 0.2) is 11.6 Å². The van der Waals surface area contributed by atoms with Gasteiger partial charge in [0.1, 0.15) is 0 Å². The minimum atomic E-state index is -1.07. The minimum absolute atomic E-state index is 0.0773. The molecule has 0 radical (unpaired) electrons. The van der Waals surface area contributed by atoms with Crippen LogP contribution >= 0.6 is 11.6 Å². The Labute approximate surface area is 176 Å². The lowest BCUT2D eigenvalue weighted by Gasteiger charge is -2.34. The molecule has 1 N–H and O–H groups in total. The number of rotatable bonds is 3. The van der Waals surface area contributed by atoms with Crippen LogP contribution in [0.25, 0.3) is 11.3 Å². The van der Waals surface area contributed by atoms with E-state index in [0.29, 0.717) is 29.4 Å². The van der Waals surface area contributed by atoms with Gasteiger partial charge in [-0.2, -0.15) is 5.10 Å². The van der Waals surface area contributed by atoms with Gasteiger partial charge in [-0.3, -0.25) is 14.7 Å². The first-order valence-corrected chi connectivity index (χ1v) is 9.65. The molecule has 154 valence electrons. The molecule has 1 aromatic heterocycles. The summed E-state index contributed by atoms with van der Waals surface area (Å²) in [5, 5.41) is 7.44. The number of hydrogen-bond acceptors (Lipinski definition) is 3. The lowest BCUT2D eigenvalue weighted by Crippen LogP contribution is -2.50. The summed E-state index contributed by atoms with van der Waals surface area (Å²) in [7, 11) is 0. The Morgan fingerprint density at radius 1 is 0.900 bits per heavy atom. The van der Waals surface area contributed by atoms with Crippen molar-refractivity contribution in [2.75, 3.05) is 26.2 Å². The molecule has 1 fully saturated rings. The molecule has 0 saturated carbocycles. The number of nitrogens with zero attached hydrogens (tertiary/aromatic N) is 3. The molecule has 0 bridgehead atoms. The maximum Gasteiger partial charge on any atom is 0.257 e. The molecule has 0 unspecified atom stereocenters. The Morgan fingerprint density at radius 2 is 1.53 bits per heavy atom. The lowest BCUT2D eigenvalue weighted by atomic mass is 10.1. The third-order valence-electron chi connectivity index (χ3n) is 5.02. The van der Waals surface area contributed by atoms with Gasteiger partial charge >= 0.3 is 0 Å². The number of carbonyl (C=O) groups excluding carboxylic acids is 2. The fraction of sp³-hybridized carbons (Fsp3) is 0.190. The normalized spacial score (nSPS) is 14.1. The second kappa shape index (κ2) is 8.23. The standard InChI is InChI=1S/C21H17ClF2N4O2/c22-15-4-1-13(2-5-15)19-16(12-25-26-19)21(30)28-9-7-27(8-10-28)20(29)14-3-6-17(23)18(24)11-14/h1-6,11-12H,7-10H2,(H,25,26). The number of aromatic amines is 1. The van der Waals surface area contributed by atoms with E-state index in [1.165, 1.54) is 17.2 Å². The van der Waals surface area contributed by atoms with Crippen molar-refractivity contribution in [2.24, 2.45) is 0 Å². The maximum absolute atomic E-state index is 13.4. The molecule has 0 spiro atoms. The number of benzene rings is 2. The van der Waals surface area contributed by atoms with Crippen LogP contribution in [0.4, 0.5) is 8.78 Å². The van der Waals surface area contributed by atoms with Gasteiger partial charge < -0.3 is 9.80 Å². The topological polar surface area (TPSA) is 69.3 Å². The van der Waals surface area contributed by atoms with Crippen molar-refractivity contribution >= 4 is 23.4 Å². The third kappa shape index (κ3) is 3.91. The van der Waals surface area contributed by atoms with Crippen LogP contribution in [0.1, 0.15) is 20.7 Å². The van der Waals surface area contributed by atoms with Crippen LogP contribution in [0, 0.1) is 11.6 Å². The number of amides is 2. The summed E-state index contributed by atoms with van der Waals surface area (Å²) in [6.45, 7) is 1.22. The zero-order valence-corrected chi connectivity index (χ0v) is 16.5. The van der Waals surface area contributed by atoms with Gasteiger partial charge in [-0.1, -0.05) is 23.7 Å². The molecule has 4 rings (SSSR count). The van der Waals surface area contributed by atoms with Gasteiger partial charge in [-0.05, 0) is 30.3 Å². The van der Waals surface area contributed by atoms with Crippen molar-refractivity contribution in [3.8, 4) is 11.3 Å². The lowest BCUT2D eigenvalue weighted by molar-refractivity contribution is 0.0535. The average molecular weight is 431 g/mol. The molecule has 1 aliphatic heterocycles. The van der Waals surface area contributed by atoms with Crippen LogP contribution in [0.5, 0.6) is 0 Å². The summed E-state index contributed by atoms with van der Waals surface area (Å²) in [4.78, 5) is 28.7. The Morgan fingerprint density at radius 3 is 2.17 bits per heavy atom. The van der Waals surface area contributed by atoms with Gasteiger partial charge in [0, 0.05) is 42.3 Å². The van der Waals surface area contributed by atoms with E-state index >= 15 is 0 Å². The van der Waals surface area contributed by atoms with Crippen LogP contribution < -0.4 is 0 Å². The van der Waals surface area contributed by atoms with Gasteiger partial charge in [-0.25, -0.2) is 8.78 Å². The highest BCUT2D eigenvalue weighted by atomic mass is 35.5. The summed E-state index contributed by atoms with van der Waals surface area (Å²) in [6, 6.07) is 10.1. The van der Waals surface area contributed by atoms with Crippen molar-refractivity contribution < 1.29 is 18.4 Å². The van der Waals surface area contributed by atoms with Crippen molar-refractivity contribution in [2.45, 2.75) is 0 Å². The van der Waals surface area contributed by atoms with E-state index in [9.17, 15) is 18.4 Å². The molecule has 3 aromatic rings. The van der Waals surface area contributed by atoms with E-state index in [1.807, 2.05) is 0 Å². The summed E-state index contributed by atoms with van der Waals surface area (Å²) >= 11 is 5.92. The zero-order valence-electron chi connectivity index (χ0n) is 15.7. The number of nitrogens with one attached hydrogen (secondary N) is 1. The molecule has 1 saturated heterocycles. The molecular formula is C21H17ClF2N4O2. The monoisotopic (exact) mass is 430 g/mol. The predicted octanol–water partition coefficient (Wildman–Crippen LogP) is 3.61. The van der Waals surface area contributed by atoms with Crippen molar-refractivity contribution in [1.82, 2.24) is 20.0 Å². The van der Waals surface area contributed by atoms with Crippen LogP contribution in [0.2, 0.25) is 5.02 Å². The van der Waals surface area contributed by atoms with E-state index in [2.05, 4.69) is 10.2 Å². The zero-order chi connectivity index (χ0) is 21.3. The Hall–Kier alpha value is -3.26. The van der Waals surface area contributed by atoms with Gasteiger partial charge in [0.25, 0.3) is 11.8 Å². The average Bonchev–Trinajstić information content (AvgIpc) is 3.25. The van der Waals surface area contributed by atoms with Crippen LogP contribution in [-0.4, -0.2) is 58.0 Å². The number of piperazine rings is 1. The van der Waals surface area contributed by atoms with Crippen LogP contribution in [0.3, 0.4) is 0 Å². The molecule has 2 aromatic carbocycles. The van der Waals surface area contributed by atoms with Gasteiger partial charge in [-0.15, -0.1) is 0 Å². The molecule has 2 amide bonds. The van der Waals surface area contributed by atoms with E-state index in [4.69, 9.17) is 11.6 Å². The highest BCUT2D eigenvalue weighted by Gasteiger charge is 2.28. The second-order valence-corrected chi connectivity index (χ2v) is 7.32. The molecule has 0 aliphatic carbocycles. The molecule has 6 nitrogen and oxygen atoms in total. The third-order valence-corrected chi connectivity index (χ3v) is 5.28. The number of aromatic nitrogens is 2. The van der Waals surface area contributed by atoms with Crippen molar-refractivity contribution in [3.63, 3.8) is 0 Å². The molecule has 30 heavy (non-hydrogen) atoms. The SMILES string of the molecule is O=C(c1ccc(F)c(F)c1)N1CCN(C(=O)c2cn[nH]c2-c2ccc(Cl)cc2)CC1. The van der Waals surface area contributed by atoms with Crippen LogP contribution in [0.15, 0.2) is 48.7 Å². The Balaban J connectivity index is 1.44. The largest absolute Gasteiger partial charge is 0.335 e. The summed E-state index contributed by atoms with van der Waals surface area (Å²) in [6.07, 6.45) is 1.48. The fourth-order valence-electron chi connectivity index (χ4n) is 3.38. The first-order chi connectivity index (χ1) is 14.4. The number of H-pyrrole nitrogens is 1. The van der Waals surface area contributed by atoms with Gasteiger partial charge in [0.2, 0.25) is 0 Å². The molecule has 0 atom stereocenters. The highest BCUT2D eigenvalue weighted by molar-refractivity contribution is 6.30. The Kier molecular flexibility index (Phi) is 5.50. The molecule has 9 heteroatoms. The maximum atomic E-state index is 13.4. The molecular weight excluding hydrogens is 414 g/mol. The Bertz CT molecular complexity index is 1090. The van der Waals surface area contributed by atoms with E-state index < -0.39 is 17.5 Å². The van der Waals surface area contributed by atoms with E-state index in [0.717, 1.165) is 17.7 Å². The minimum Gasteiger partial charge on any atom is -0.335 e. The van der Waals surface area contributed by atoms with Crippen molar-refractivity contribution in [1.29, 1.82) is 0 Å². The summed E-state index contributed by atoms with van der Waals surface area (Å²) in [5.41, 5.74) is 1.88. The van der Waals surface area contributed by atoms with Gasteiger partial charge in [0.05, 0.1) is 17.5 Å². The first kappa shape index (κ1) is 20.0. The molecule has 2 heterocycles. The predicted molar refractivity (Wildman–Crippen MR) is 107 cm³/mol. The smallest absolute Gasteiger partial charge is 0.257 e. The van der Waals surface area contributed by atoms with E-state index in [-0.39, 0.29) is 24.6 Å². The number of carbonyl (C=O) groups is 2. The number of halogens is 3. The van der Waals surface area contributed by atoms with Crippen LogP contribution in [-0.2, 0) is 0 Å². The fourth-order valence-corrected chi connectivity index (χ4v) is 3.51. The van der Waals surface area contributed by atoms with Crippen molar-refractivity contribution in [3.05, 3.63) is 76.4 Å². The summed E-state index contributed by atoms with van der Waals surface area (Å²) < 4.78 is 26.5. The first-order valence-electron chi connectivity index (χ1n) is 9.27. The second-order valence-electron chi connectivity index (χ2n) is 6.88. The number of hydrogen-bond donors (Lipinski definition) is 1.